The minimum absolute atomic E-state index is 0.233. The maximum absolute atomic E-state index is 11.8. The van der Waals surface area contributed by atoms with Gasteiger partial charge in [0.1, 0.15) is 0 Å². The molecule has 3 rings (SSSR count). The van der Waals surface area contributed by atoms with E-state index in [0.29, 0.717) is 12.5 Å². The first-order valence-corrected chi connectivity index (χ1v) is 8.63. The lowest BCUT2D eigenvalue weighted by Gasteiger charge is -2.18. The van der Waals surface area contributed by atoms with Gasteiger partial charge in [-0.25, -0.2) is 0 Å². The Balaban J connectivity index is 1.52. The van der Waals surface area contributed by atoms with Gasteiger partial charge in [-0.2, -0.15) is 0 Å². The Kier molecular flexibility index (Phi) is 5.16. The minimum atomic E-state index is 0.233. The first-order valence-electron chi connectivity index (χ1n) is 8.63. The van der Waals surface area contributed by atoms with Gasteiger partial charge in [-0.3, -0.25) is 9.79 Å². The lowest BCUT2D eigenvalue weighted by molar-refractivity contribution is -0.117. The molecule has 0 unspecified atom stereocenters. The van der Waals surface area contributed by atoms with Crippen molar-refractivity contribution in [3.63, 3.8) is 0 Å². The van der Waals surface area contributed by atoms with E-state index in [0.717, 1.165) is 31.2 Å². The Morgan fingerprint density at radius 1 is 1.22 bits per heavy atom. The molecule has 0 spiro atoms. The summed E-state index contributed by atoms with van der Waals surface area (Å²) in [5.41, 5.74) is 2.19. The van der Waals surface area contributed by atoms with Gasteiger partial charge < -0.3 is 15.5 Å². The molecule has 1 amide bonds. The van der Waals surface area contributed by atoms with E-state index in [4.69, 9.17) is 0 Å². The molecular weight excluding hydrogens is 288 g/mol. The van der Waals surface area contributed by atoms with E-state index in [-0.39, 0.29) is 5.91 Å². The third-order valence-electron chi connectivity index (χ3n) is 4.70. The van der Waals surface area contributed by atoms with Crippen LogP contribution in [-0.4, -0.2) is 31.5 Å². The van der Waals surface area contributed by atoms with E-state index in [1.165, 1.54) is 31.2 Å². The van der Waals surface area contributed by atoms with E-state index in [2.05, 4.69) is 27.8 Å². The largest absolute Gasteiger partial charge is 0.354 e. The number of amides is 1. The second-order valence-electron chi connectivity index (χ2n) is 6.37. The lowest BCUT2D eigenvalue weighted by atomic mass is 10.2. The normalized spacial score (nSPS) is 19.4. The van der Waals surface area contributed by atoms with E-state index in [1.54, 1.807) is 0 Å². The highest BCUT2D eigenvalue weighted by atomic mass is 16.2. The number of benzene rings is 1. The van der Waals surface area contributed by atoms with Gasteiger partial charge in [-0.05, 0) is 37.0 Å². The van der Waals surface area contributed by atoms with Gasteiger partial charge in [0.15, 0.2) is 5.96 Å². The number of guanidine groups is 1. The molecule has 0 atom stereocenters. The third kappa shape index (κ3) is 4.03. The van der Waals surface area contributed by atoms with Gasteiger partial charge in [-0.1, -0.05) is 25.0 Å². The van der Waals surface area contributed by atoms with Crippen molar-refractivity contribution >= 4 is 17.6 Å². The summed E-state index contributed by atoms with van der Waals surface area (Å²) in [5.74, 6) is 1.10. The molecule has 0 radical (unpaired) electrons. The summed E-state index contributed by atoms with van der Waals surface area (Å²) in [4.78, 5) is 17.9. The highest BCUT2D eigenvalue weighted by Crippen LogP contribution is 2.21. The topological polar surface area (TPSA) is 56.7 Å². The summed E-state index contributed by atoms with van der Waals surface area (Å²) >= 11 is 0. The van der Waals surface area contributed by atoms with Gasteiger partial charge in [0.05, 0.1) is 0 Å². The molecule has 2 fully saturated rings. The number of hydrogen-bond donors (Lipinski definition) is 2. The Labute approximate surface area is 138 Å². The zero-order valence-electron chi connectivity index (χ0n) is 13.8. The van der Waals surface area contributed by atoms with Crippen LogP contribution in [0.2, 0.25) is 0 Å². The van der Waals surface area contributed by atoms with Crippen molar-refractivity contribution in [2.75, 3.05) is 18.5 Å². The maximum atomic E-state index is 11.8. The molecule has 0 aromatic heterocycles. The highest BCUT2D eigenvalue weighted by molar-refractivity contribution is 5.95. The smallest absolute Gasteiger partial charge is 0.227 e. The van der Waals surface area contributed by atoms with Gasteiger partial charge >= 0.3 is 0 Å². The standard InChI is InChI=1S/C18H26N4O/c1-19-18(21-15-5-2-3-6-15)20-13-14-8-10-16(11-9-14)22-12-4-7-17(22)23/h8-11,15H,2-7,12-13H2,1H3,(H2,19,20,21). The second-order valence-corrected chi connectivity index (χ2v) is 6.37. The molecule has 5 heteroatoms. The maximum Gasteiger partial charge on any atom is 0.227 e. The molecule has 2 N–H and O–H groups in total. The van der Waals surface area contributed by atoms with Gasteiger partial charge in [0.25, 0.3) is 0 Å². The van der Waals surface area contributed by atoms with E-state index in [1.807, 2.05) is 24.1 Å². The summed E-state index contributed by atoms with van der Waals surface area (Å²) in [6.07, 6.45) is 6.73. The monoisotopic (exact) mass is 314 g/mol. The first-order chi connectivity index (χ1) is 11.3. The summed E-state index contributed by atoms with van der Waals surface area (Å²) in [5, 5.41) is 6.85. The highest BCUT2D eigenvalue weighted by Gasteiger charge is 2.21. The lowest BCUT2D eigenvalue weighted by Crippen LogP contribution is -2.41. The van der Waals surface area contributed by atoms with Crippen LogP contribution in [0.1, 0.15) is 44.1 Å². The van der Waals surface area contributed by atoms with E-state index >= 15 is 0 Å². The number of anilines is 1. The van der Waals surface area contributed by atoms with Crippen molar-refractivity contribution in [1.82, 2.24) is 10.6 Å². The molecule has 2 aliphatic rings. The molecule has 124 valence electrons. The molecule has 1 heterocycles. The van der Waals surface area contributed by atoms with Gasteiger partial charge in [-0.15, -0.1) is 0 Å². The zero-order valence-corrected chi connectivity index (χ0v) is 13.8. The molecular formula is C18H26N4O. The Morgan fingerprint density at radius 2 is 1.96 bits per heavy atom. The average Bonchev–Trinajstić information content (AvgIpc) is 3.23. The fourth-order valence-corrected chi connectivity index (χ4v) is 3.36. The number of nitrogens with zero attached hydrogens (tertiary/aromatic N) is 2. The Morgan fingerprint density at radius 3 is 2.57 bits per heavy atom. The van der Waals surface area contributed by atoms with Crippen LogP contribution in [0.4, 0.5) is 5.69 Å². The van der Waals surface area contributed by atoms with Crippen LogP contribution >= 0.6 is 0 Å². The van der Waals surface area contributed by atoms with Gasteiger partial charge in [0.2, 0.25) is 5.91 Å². The Bertz CT molecular complexity index is 561. The zero-order chi connectivity index (χ0) is 16.1. The number of nitrogens with one attached hydrogen (secondary N) is 2. The summed E-state index contributed by atoms with van der Waals surface area (Å²) in [7, 11) is 1.81. The summed E-state index contributed by atoms with van der Waals surface area (Å²) < 4.78 is 0. The predicted octanol–water partition coefficient (Wildman–Crippen LogP) is 2.42. The molecule has 1 aliphatic carbocycles. The SMILES string of the molecule is CN=C(NCc1ccc(N2CCCC2=O)cc1)NC1CCCC1. The Hall–Kier alpha value is -2.04. The number of aliphatic imine (C=N–C) groups is 1. The van der Waals surface area contributed by atoms with Crippen LogP contribution in [0.3, 0.4) is 0 Å². The molecule has 23 heavy (non-hydrogen) atoms. The fourth-order valence-electron chi connectivity index (χ4n) is 3.36. The molecule has 1 aromatic rings. The van der Waals surface area contributed by atoms with Crippen LogP contribution in [0.15, 0.2) is 29.3 Å². The summed E-state index contributed by atoms with van der Waals surface area (Å²) in [6.45, 7) is 1.58. The van der Waals surface area contributed by atoms with Crippen LogP contribution in [-0.2, 0) is 11.3 Å². The van der Waals surface area contributed by atoms with E-state index < -0.39 is 0 Å². The minimum Gasteiger partial charge on any atom is -0.354 e. The molecule has 5 nitrogen and oxygen atoms in total. The van der Waals surface area contributed by atoms with Crippen molar-refractivity contribution in [2.45, 2.75) is 51.1 Å². The average molecular weight is 314 g/mol. The second kappa shape index (κ2) is 7.49. The molecule has 0 bridgehead atoms. The number of carbonyl (C=O) groups excluding carboxylic acids is 1. The van der Waals surface area contributed by atoms with Crippen LogP contribution in [0, 0.1) is 0 Å². The third-order valence-corrected chi connectivity index (χ3v) is 4.70. The molecule has 1 saturated heterocycles. The van der Waals surface area contributed by atoms with Crippen molar-refractivity contribution in [1.29, 1.82) is 0 Å². The van der Waals surface area contributed by atoms with Crippen molar-refractivity contribution in [3.05, 3.63) is 29.8 Å². The molecule has 1 aliphatic heterocycles. The van der Waals surface area contributed by atoms with Crippen LogP contribution in [0.5, 0.6) is 0 Å². The van der Waals surface area contributed by atoms with Crippen LogP contribution in [0.25, 0.3) is 0 Å². The molecule has 1 saturated carbocycles. The fraction of sp³-hybridized carbons (Fsp3) is 0.556. The van der Waals surface area contributed by atoms with Crippen LogP contribution < -0.4 is 15.5 Å². The van der Waals surface area contributed by atoms with Gasteiger partial charge in [0, 0.05) is 38.3 Å². The van der Waals surface area contributed by atoms with Crippen molar-refractivity contribution in [3.8, 4) is 0 Å². The number of carbonyl (C=O) groups is 1. The number of rotatable bonds is 4. The van der Waals surface area contributed by atoms with Crippen molar-refractivity contribution in [2.24, 2.45) is 4.99 Å². The predicted molar refractivity (Wildman–Crippen MR) is 93.6 cm³/mol. The van der Waals surface area contributed by atoms with E-state index in [9.17, 15) is 4.79 Å². The summed E-state index contributed by atoms with van der Waals surface area (Å²) in [6, 6.07) is 8.79. The molecule has 1 aromatic carbocycles. The first kappa shape index (κ1) is 15.8. The number of hydrogen-bond acceptors (Lipinski definition) is 2. The quantitative estimate of drug-likeness (QED) is 0.663. The van der Waals surface area contributed by atoms with Crippen molar-refractivity contribution < 1.29 is 4.79 Å².